The lowest BCUT2D eigenvalue weighted by Crippen LogP contribution is -2.46. The Kier molecular flexibility index (Phi) is 4.46. The predicted molar refractivity (Wildman–Crippen MR) is 92.5 cm³/mol. The average Bonchev–Trinajstić information content (AvgIpc) is 3.31. The van der Waals surface area contributed by atoms with Crippen molar-refractivity contribution in [3.8, 4) is 0 Å². The molecule has 2 aromatic rings. The van der Waals surface area contributed by atoms with Crippen molar-refractivity contribution in [2.75, 3.05) is 6.61 Å². The molecule has 1 aromatic heterocycles. The average molecular weight is 355 g/mol. The van der Waals surface area contributed by atoms with Crippen LogP contribution in [-0.2, 0) is 27.3 Å². The number of nitrogens with zero attached hydrogens (tertiary/aromatic N) is 3. The van der Waals surface area contributed by atoms with E-state index in [1.165, 1.54) is 4.90 Å². The van der Waals surface area contributed by atoms with Gasteiger partial charge in [0.25, 0.3) is 0 Å². The van der Waals surface area contributed by atoms with Crippen LogP contribution in [0.2, 0.25) is 0 Å². The van der Waals surface area contributed by atoms with E-state index in [1.807, 2.05) is 36.5 Å². The van der Waals surface area contributed by atoms with Crippen LogP contribution in [-0.4, -0.2) is 56.5 Å². The number of rotatable bonds is 5. The number of benzene rings is 1. The molecule has 7 nitrogen and oxygen atoms in total. The molecule has 1 amide bonds. The molecule has 2 fully saturated rings. The summed E-state index contributed by atoms with van der Waals surface area (Å²) in [5, 5.41) is 13.8. The highest BCUT2D eigenvalue weighted by molar-refractivity contribution is 5.86. The molecule has 0 aliphatic carbocycles. The summed E-state index contributed by atoms with van der Waals surface area (Å²) in [6, 6.07) is 9.04. The minimum atomic E-state index is -0.962. The lowest BCUT2D eigenvalue weighted by Gasteiger charge is -2.26. The second kappa shape index (κ2) is 6.92. The Bertz CT molecular complexity index is 804. The van der Waals surface area contributed by atoms with Gasteiger partial charge in [0.05, 0.1) is 31.3 Å². The Morgan fingerprint density at radius 1 is 1.23 bits per heavy atom. The lowest BCUT2D eigenvalue weighted by molar-refractivity contribution is -0.149. The summed E-state index contributed by atoms with van der Waals surface area (Å²) in [6.07, 6.45) is 4.60. The maximum Gasteiger partial charge on any atom is 0.326 e. The Hall–Kier alpha value is -2.67. The number of ether oxygens (including phenoxy) is 1. The molecule has 1 aromatic carbocycles. The van der Waals surface area contributed by atoms with E-state index in [-0.39, 0.29) is 24.5 Å². The Morgan fingerprint density at radius 3 is 2.81 bits per heavy atom. The summed E-state index contributed by atoms with van der Waals surface area (Å²) >= 11 is 0. The number of carbonyl (C=O) groups excluding carboxylic acids is 1. The Labute approximate surface area is 151 Å². The van der Waals surface area contributed by atoms with Crippen LogP contribution in [0.4, 0.5) is 0 Å². The highest BCUT2D eigenvalue weighted by Gasteiger charge is 2.49. The predicted octanol–water partition coefficient (Wildman–Crippen LogP) is 1.32. The number of carbonyl (C=O) groups is 2. The van der Waals surface area contributed by atoms with Gasteiger partial charge in [0.2, 0.25) is 5.91 Å². The lowest BCUT2D eigenvalue weighted by atomic mass is 10.1. The number of aliphatic carboxylic acids is 1. The van der Waals surface area contributed by atoms with Gasteiger partial charge in [-0.15, -0.1) is 0 Å². The molecule has 0 saturated carbocycles. The summed E-state index contributed by atoms with van der Waals surface area (Å²) in [4.78, 5) is 25.9. The fourth-order valence-electron chi connectivity index (χ4n) is 3.94. The van der Waals surface area contributed by atoms with Crippen LogP contribution in [0.1, 0.15) is 24.0 Å². The van der Waals surface area contributed by atoms with Gasteiger partial charge in [0.1, 0.15) is 6.04 Å². The van der Waals surface area contributed by atoms with E-state index in [1.54, 1.807) is 10.9 Å². The van der Waals surface area contributed by atoms with Gasteiger partial charge >= 0.3 is 5.97 Å². The van der Waals surface area contributed by atoms with Crippen molar-refractivity contribution in [1.29, 1.82) is 0 Å². The van der Waals surface area contributed by atoms with Gasteiger partial charge in [-0.1, -0.05) is 30.3 Å². The van der Waals surface area contributed by atoms with Gasteiger partial charge in [-0.3, -0.25) is 9.48 Å². The number of hydrogen-bond donors (Lipinski definition) is 1. The fraction of sp³-hybridized carbons (Fsp3) is 0.421. The van der Waals surface area contributed by atoms with Crippen molar-refractivity contribution in [1.82, 2.24) is 14.7 Å². The number of fused-ring (bicyclic) bond motifs is 1. The van der Waals surface area contributed by atoms with E-state index in [0.29, 0.717) is 26.0 Å². The third kappa shape index (κ3) is 3.22. The highest BCUT2D eigenvalue weighted by Crippen LogP contribution is 2.34. The first-order valence-corrected chi connectivity index (χ1v) is 8.82. The quantitative estimate of drug-likeness (QED) is 0.874. The largest absolute Gasteiger partial charge is 0.480 e. The van der Waals surface area contributed by atoms with Crippen molar-refractivity contribution in [2.24, 2.45) is 0 Å². The molecule has 2 aliphatic heterocycles. The topological polar surface area (TPSA) is 84.7 Å². The minimum absolute atomic E-state index is 0.122. The zero-order valence-electron chi connectivity index (χ0n) is 14.3. The van der Waals surface area contributed by atoms with Gasteiger partial charge in [-0.05, 0) is 17.5 Å². The summed E-state index contributed by atoms with van der Waals surface area (Å²) in [6.45, 7) is 1.22. The first-order chi connectivity index (χ1) is 12.6. The molecule has 2 saturated heterocycles. The third-order valence-electron chi connectivity index (χ3n) is 5.13. The maximum absolute atomic E-state index is 12.8. The van der Waals surface area contributed by atoms with Crippen molar-refractivity contribution < 1.29 is 19.4 Å². The van der Waals surface area contributed by atoms with Gasteiger partial charge in [-0.25, -0.2) is 4.79 Å². The second-order valence-corrected chi connectivity index (χ2v) is 6.86. The summed E-state index contributed by atoms with van der Waals surface area (Å²) < 4.78 is 7.37. The van der Waals surface area contributed by atoms with Crippen molar-refractivity contribution in [3.05, 3.63) is 53.9 Å². The molecule has 7 heteroatoms. The molecular weight excluding hydrogens is 334 g/mol. The molecule has 0 unspecified atom stereocenters. The molecular formula is C19H21N3O4. The number of amides is 1. The van der Waals surface area contributed by atoms with Crippen LogP contribution in [0.3, 0.4) is 0 Å². The zero-order chi connectivity index (χ0) is 18.1. The first kappa shape index (κ1) is 16.8. The zero-order valence-corrected chi connectivity index (χ0v) is 14.3. The van der Waals surface area contributed by atoms with Crippen LogP contribution < -0.4 is 0 Å². The number of likely N-dealkylation sites (tertiary alicyclic amines) is 1. The molecule has 0 bridgehead atoms. The molecule has 136 valence electrons. The van der Waals surface area contributed by atoms with E-state index in [0.717, 1.165) is 11.1 Å². The SMILES string of the molecule is O=C(O)[C@@H]1C[C@@H]2OCC[C@@H]2N1C(=O)Cc1cnn(Cc2ccccc2)c1. The Morgan fingerprint density at radius 2 is 2.04 bits per heavy atom. The second-order valence-electron chi connectivity index (χ2n) is 6.86. The summed E-state index contributed by atoms with van der Waals surface area (Å²) in [5.41, 5.74) is 1.92. The number of hydrogen-bond acceptors (Lipinski definition) is 4. The van der Waals surface area contributed by atoms with Crippen LogP contribution >= 0.6 is 0 Å². The minimum Gasteiger partial charge on any atom is -0.480 e. The van der Waals surface area contributed by atoms with Gasteiger partial charge in [-0.2, -0.15) is 5.10 Å². The van der Waals surface area contributed by atoms with Crippen LogP contribution in [0.15, 0.2) is 42.7 Å². The molecule has 4 rings (SSSR count). The molecule has 2 aliphatic rings. The standard InChI is InChI=1S/C19H21N3O4/c23-18(22-15-6-7-26-17(15)9-16(22)19(24)25)8-14-10-20-21(12-14)11-13-4-2-1-3-5-13/h1-5,10,12,15-17H,6-9,11H2,(H,24,25)/t15-,16-,17-/m0/s1. The first-order valence-electron chi connectivity index (χ1n) is 8.82. The number of carboxylic acid groups (broad SMARTS) is 1. The molecule has 3 atom stereocenters. The van der Waals surface area contributed by atoms with Gasteiger partial charge in [0.15, 0.2) is 0 Å². The normalized spacial score (nSPS) is 24.6. The molecule has 1 N–H and O–H groups in total. The van der Waals surface area contributed by atoms with E-state index in [9.17, 15) is 14.7 Å². The van der Waals surface area contributed by atoms with Crippen LogP contribution in [0.25, 0.3) is 0 Å². The van der Waals surface area contributed by atoms with E-state index in [4.69, 9.17) is 4.74 Å². The van der Waals surface area contributed by atoms with E-state index >= 15 is 0 Å². The Balaban J connectivity index is 1.45. The van der Waals surface area contributed by atoms with E-state index < -0.39 is 12.0 Å². The summed E-state index contributed by atoms with van der Waals surface area (Å²) in [7, 11) is 0. The van der Waals surface area contributed by atoms with Crippen LogP contribution in [0, 0.1) is 0 Å². The molecule has 0 radical (unpaired) electrons. The maximum atomic E-state index is 12.8. The number of aromatic nitrogens is 2. The number of carboxylic acids is 1. The molecule has 26 heavy (non-hydrogen) atoms. The highest BCUT2D eigenvalue weighted by atomic mass is 16.5. The smallest absolute Gasteiger partial charge is 0.326 e. The van der Waals surface area contributed by atoms with Gasteiger partial charge < -0.3 is 14.7 Å². The van der Waals surface area contributed by atoms with Crippen molar-refractivity contribution >= 4 is 11.9 Å². The van der Waals surface area contributed by atoms with Crippen LogP contribution in [0.5, 0.6) is 0 Å². The fourth-order valence-corrected chi connectivity index (χ4v) is 3.94. The monoisotopic (exact) mass is 355 g/mol. The summed E-state index contributed by atoms with van der Waals surface area (Å²) in [5.74, 6) is -1.13. The van der Waals surface area contributed by atoms with Crippen molar-refractivity contribution in [2.45, 2.75) is 44.0 Å². The molecule has 0 spiro atoms. The van der Waals surface area contributed by atoms with E-state index in [2.05, 4.69) is 5.10 Å². The van der Waals surface area contributed by atoms with Crippen molar-refractivity contribution in [3.63, 3.8) is 0 Å². The molecule has 3 heterocycles. The third-order valence-corrected chi connectivity index (χ3v) is 5.13. The van der Waals surface area contributed by atoms with Gasteiger partial charge in [0, 0.05) is 19.2 Å².